The molecule has 1 rings (SSSR count). The maximum atomic E-state index is 10.7. The van der Waals surface area contributed by atoms with E-state index in [2.05, 4.69) is 15.9 Å². The average Bonchev–Trinajstić information content (AvgIpc) is 2.47. The normalized spacial score (nSPS) is 10.5. The number of hydrazine groups is 1. The first-order valence-corrected chi connectivity index (χ1v) is 4.77. The lowest BCUT2D eigenvalue weighted by molar-refractivity contribution is -0.116. The highest BCUT2D eigenvalue weighted by Crippen LogP contribution is 2.22. The van der Waals surface area contributed by atoms with Gasteiger partial charge < -0.3 is 0 Å². The lowest BCUT2D eigenvalue weighted by Gasteiger charge is -1.87. The minimum atomic E-state index is -0.306. The van der Waals surface area contributed by atoms with Crippen LogP contribution in [0.15, 0.2) is 22.0 Å². The Labute approximate surface area is 82.4 Å². The van der Waals surface area contributed by atoms with E-state index in [1.54, 1.807) is 17.4 Å². The number of amides is 1. The van der Waals surface area contributed by atoms with Gasteiger partial charge in [0.05, 0.1) is 3.79 Å². The molecule has 0 saturated heterocycles. The van der Waals surface area contributed by atoms with Crippen molar-refractivity contribution in [1.82, 2.24) is 5.43 Å². The highest BCUT2D eigenvalue weighted by Gasteiger charge is 1.93. The summed E-state index contributed by atoms with van der Waals surface area (Å²) in [5.74, 6) is 4.58. The third-order valence-corrected chi connectivity index (χ3v) is 2.72. The SMILES string of the molecule is NNC(=O)/C=C/c1ccc(Br)s1. The number of halogens is 1. The minimum Gasteiger partial charge on any atom is -0.291 e. The second-order valence-electron chi connectivity index (χ2n) is 1.98. The van der Waals surface area contributed by atoms with Crippen molar-refractivity contribution in [3.8, 4) is 0 Å². The van der Waals surface area contributed by atoms with Crippen molar-refractivity contribution in [2.45, 2.75) is 0 Å². The molecule has 5 heteroatoms. The molecule has 0 spiro atoms. The molecule has 1 aromatic rings. The third kappa shape index (κ3) is 2.77. The summed E-state index contributed by atoms with van der Waals surface area (Å²) in [5, 5.41) is 0. The topological polar surface area (TPSA) is 55.1 Å². The van der Waals surface area contributed by atoms with Crippen molar-refractivity contribution in [1.29, 1.82) is 0 Å². The molecule has 0 fully saturated rings. The maximum Gasteiger partial charge on any atom is 0.257 e. The number of nitrogens with one attached hydrogen (secondary N) is 1. The number of carbonyl (C=O) groups excluding carboxylic acids is 1. The Bertz CT molecular complexity index is 308. The highest BCUT2D eigenvalue weighted by atomic mass is 79.9. The average molecular weight is 247 g/mol. The van der Waals surface area contributed by atoms with Crippen LogP contribution in [-0.2, 0) is 4.79 Å². The predicted octanol–water partition coefficient (Wildman–Crippen LogP) is 1.51. The van der Waals surface area contributed by atoms with Crippen LogP contribution in [0.1, 0.15) is 4.88 Å². The zero-order chi connectivity index (χ0) is 8.97. The standard InChI is InChI=1S/C7H7BrN2OS/c8-6-3-1-5(12-6)2-4-7(11)10-9/h1-4H,9H2,(H,10,11)/b4-2+. The van der Waals surface area contributed by atoms with Gasteiger partial charge in [-0.05, 0) is 34.1 Å². The fourth-order valence-electron chi connectivity index (χ4n) is 0.624. The van der Waals surface area contributed by atoms with Crippen LogP contribution in [0.25, 0.3) is 6.08 Å². The van der Waals surface area contributed by atoms with Gasteiger partial charge in [-0.2, -0.15) is 0 Å². The van der Waals surface area contributed by atoms with Gasteiger partial charge in [-0.15, -0.1) is 11.3 Å². The first kappa shape index (κ1) is 9.44. The molecule has 64 valence electrons. The number of rotatable bonds is 2. The summed E-state index contributed by atoms with van der Waals surface area (Å²) in [6.45, 7) is 0. The van der Waals surface area contributed by atoms with Gasteiger partial charge in [0.1, 0.15) is 0 Å². The molecule has 12 heavy (non-hydrogen) atoms. The molecule has 0 bridgehead atoms. The molecule has 0 aromatic carbocycles. The Morgan fingerprint density at radius 2 is 2.42 bits per heavy atom. The van der Waals surface area contributed by atoms with Gasteiger partial charge in [-0.25, -0.2) is 5.84 Å². The van der Waals surface area contributed by atoms with E-state index in [-0.39, 0.29) is 5.91 Å². The van der Waals surface area contributed by atoms with Gasteiger partial charge in [-0.3, -0.25) is 10.2 Å². The summed E-state index contributed by atoms with van der Waals surface area (Å²) in [4.78, 5) is 11.7. The van der Waals surface area contributed by atoms with Crippen LogP contribution < -0.4 is 11.3 Å². The number of hydrogen-bond acceptors (Lipinski definition) is 3. The molecular weight excluding hydrogens is 240 g/mol. The van der Waals surface area contributed by atoms with E-state index in [0.717, 1.165) is 8.66 Å². The van der Waals surface area contributed by atoms with E-state index in [0.29, 0.717) is 0 Å². The third-order valence-electron chi connectivity index (χ3n) is 1.14. The Balaban J connectivity index is 2.63. The smallest absolute Gasteiger partial charge is 0.257 e. The van der Waals surface area contributed by atoms with Gasteiger partial charge in [-0.1, -0.05) is 0 Å². The zero-order valence-corrected chi connectivity index (χ0v) is 8.48. The zero-order valence-electron chi connectivity index (χ0n) is 6.08. The molecule has 3 nitrogen and oxygen atoms in total. The molecule has 1 heterocycles. The highest BCUT2D eigenvalue weighted by molar-refractivity contribution is 9.11. The lowest BCUT2D eigenvalue weighted by atomic mass is 10.4. The fourth-order valence-corrected chi connectivity index (χ4v) is 1.95. The molecule has 0 saturated carbocycles. The lowest BCUT2D eigenvalue weighted by Crippen LogP contribution is -2.27. The van der Waals surface area contributed by atoms with Crippen molar-refractivity contribution >= 4 is 39.2 Å². The first-order valence-electron chi connectivity index (χ1n) is 3.16. The van der Waals surface area contributed by atoms with Crippen LogP contribution in [0.4, 0.5) is 0 Å². The largest absolute Gasteiger partial charge is 0.291 e. The number of hydrogen-bond donors (Lipinski definition) is 2. The van der Waals surface area contributed by atoms with Crippen molar-refractivity contribution in [2.75, 3.05) is 0 Å². The van der Waals surface area contributed by atoms with E-state index in [1.807, 2.05) is 17.6 Å². The van der Waals surface area contributed by atoms with E-state index in [1.165, 1.54) is 6.08 Å². The quantitative estimate of drug-likeness (QED) is 0.360. The molecule has 0 aliphatic rings. The summed E-state index contributed by atoms with van der Waals surface area (Å²) in [7, 11) is 0. The molecule has 1 amide bonds. The summed E-state index contributed by atoms with van der Waals surface area (Å²) in [6.07, 6.45) is 3.09. The molecule has 0 unspecified atom stereocenters. The van der Waals surface area contributed by atoms with Crippen LogP contribution in [-0.4, -0.2) is 5.91 Å². The van der Waals surface area contributed by atoms with Crippen LogP contribution >= 0.6 is 27.3 Å². The van der Waals surface area contributed by atoms with E-state index < -0.39 is 0 Å². The minimum absolute atomic E-state index is 0.306. The van der Waals surface area contributed by atoms with Gasteiger partial charge in [0, 0.05) is 11.0 Å². The molecule has 0 aliphatic carbocycles. The van der Waals surface area contributed by atoms with Gasteiger partial charge in [0.15, 0.2) is 0 Å². The maximum absolute atomic E-state index is 10.7. The Morgan fingerprint density at radius 1 is 1.67 bits per heavy atom. The number of carbonyl (C=O) groups is 1. The molecule has 0 aliphatic heterocycles. The number of thiophene rings is 1. The summed E-state index contributed by atoms with van der Waals surface area (Å²) < 4.78 is 1.04. The van der Waals surface area contributed by atoms with Crippen LogP contribution in [0.2, 0.25) is 0 Å². The van der Waals surface area contributed by atoms with Gasteiger partial charge in [0.2, 0.25) is 0 Å². The molecule has 0 radical (unpaired) electrons. The van der Waals surface area contributed by atoms with Crippen molar-refractivity contribution in [3.63, 3.8) is 0 Å². The monoisotopic (exact) mass is 246 g/mol. The summed E-state index contributed by atoms with van der Waals surface area (Å²) >= 11 is 4.86. The van der Waals surface area contributed by atoms with Crippen LogP contribution in [0.3, 0.4) is 0 Å². The molecular formula is C7H7BrN2OS. The summed E-state index contributed by atoms with van der Waals surface area (Å²) in [5.41, 5.74) is 2.01. The second kappa shape index (κ2) is 4.39. The van der Waals surface area contributed by atoms with E-state index in [4.69, 9.17) is 5.84 Å². The predicted molar refractivity (Wildman–Crippen MR) is 53.4 cm³/mol. The Morgan fingerprint density at radius 3 is 2.92 bits per heavy atom. The molecule has 0 atom stereocenters. The Kier molecular flexibility index (Phi) is 3.46. The van der Waals surface area contributed by atoms with Gasteiger partial charge in [0.25, 0.3) is 5.91 Å². The number of nitrogens with two attached hydrogens (primary N) is 1. The summed E-state index contributed by atoms with van der Waals surface area (Å²) in [6, 6.07) is 3.83. The fraction of sp³-hybridized carbons (Fsp3) is 0. The molecule has 1 aromatic heterocycles. The van der Waals surface area contributed by atoms with E-state index in [9.17, 15) is 4.79 Å². The van der Waals surface area contributed by atoms with E-state index >= 15 is 0 Å². The van der Waals surface area contributed by atoms with Crippen molar-refractivity contribution < 1.29 is 4.79 Å². The Hall–Kier alpha value is -0.650. The van der Waals surface area contributed by atoms with Gasteiger partial charge >= 0.3 is 0 Å². The second-order valence-corrected chi connectivity index (χ2v) is 4.48. The van der Waals surface area contributed by atoms with Crippen molar-refractivity contribution in [2.24, 2.45) is 5.84 Å². The first-order chi connectivity index (χ1) is 5.72. The molecule has 3 N–H and O–H groups in total. The van der Waals surface area contributed by atoms with Crippen molar-refractivity contribution in [3.05, 3.63) is 26.9 Å². The van der Waals surface area contributed by atoms with Crippen LogP contribution in [0, 0.1) is 0 Å². The van der Waals surface area contributed by atoms with Crippen LogP contribution in [0.5, 0.6) is 0 Å².